The van der Waals surface area contributed by atoms with Gasteiger partial charge in [-0.1, -0.05) is 6.92 Å². The van der Waals surface area contributed by atoms with E-state index in [-0.39, 0.29) is 0 Å². The molecule has 21 heavy (non-hydrogen) atoms. The van der Waals surface area contributed by atoms with Crippen molar-refractivity contribution in [3.8, 4) is 17.2 Å². The summed E-state index contributed by atoms with van der Waals surface area (Å²) in [4.78, 5) is 0. The number of ether oxygens (including phenoxy) is 1. The number of hydrogen-bond donors (Lipinski definition) is 1. The van der Waals surface area contributed by atoms with Crippen molar-refractivity contribution < 1.29 is 9.15 Å². The number of nitrogens with zero attached hydrogens (tertiary/aromatic N) is 2. The Labute approximate surface area is 133 Å². The summed E-state index contributed by atoms with van der Waals surface area (Å²) in [7, 11) is 1.64. The molecule has 1 aromatic heterocycles. The Kier molecular flexibility index (Phi) is 6.20. The Morgan fingerprint density at radius 1 is 1.29 bits per heavy atom. The zero-order valence-corrected chi connectivity index (χ0v) is 13.9. The molecule has 0 radical (unpaired) electrons. The molecular weight excluding hydrogens is 334 g/mol. The molecule has 6 heteroatoms. The smallest absolute Gasteiger partial charge is 0.247 e. The van der Waals surface area contributed by atoms with Crippen LogP contribution in [0.1, 0.15) is 25.7 Å². The molecule has 2 aromatic rings. The van der Waals surface area contributed by atoms with Crippen LogP contribution >= 0.6 is 15.9 Å². The van der Waals surface area contributed by atoms with Gasteiger partial charge in [-0.05, 0) is 60.1 Å². The number of aromatic nitrogens is 2. The van der Waals surface area contributed by atoms with Crippen LogP contribution in [0.15, 0.2) is 27.1 Å². The fourth-order valence-electron chi connectivity index (χ4n) is 1.94. The number of methoxy groups -OCH3 is 1. The van der Waals surface area contributed by atoms with Gasteiger partial charge in [0.1, 0.15) is 5.75 Å². The fraction of sp³-hybridized carbons (Fsp3) is 0.467. The van der Waals surface area contributed by atoms with Gasteiger partial charge in [-0.3, -0.25) is 0 Å². The third kappa shape index (κ3) is 4.54. The lowest BCUT2D eigenvalue weighted by atomic mass is 10.2. The second-order valence-corrected chi connectivity index (χ2v) is 5.56. The summed E-state index contributed by atoms with van der Waals surface area (Å²) < 4.78 is 11.8. The standard InChI is InChI=1S/C15H20BrN3O2/c1-3-8-17-9-4-5-14-18-19-15(21-14)11-6-7-13(20-2)12(16)10-11/h6-7,10,17H,3-5,8-9H2,1-2H3. The molecule has 0 saturated heterocycles. The maximum Gasteiger partial charge on any atom is 0.247 e. The largest absolute Gasteiger partial charge is 0.496 e. The second-order valence-electron chi connectivity index (χ2n) is 4.70. The Morgan fingerprint density at radius 2 is 2.14 bits per heavy atom. The van der Waals surface area contributed by atoms with Crippen molar-refractivity contribution in [1.82, 2.24) is 15.5 Å². The molecule has 1 aromatic carbocycles. The van der Waals surface area contributed by atoms with Crippen molar-refractivity contribution in [2.75, 3.05) is 20.2 Å². The van der Waals surface area contributed by atoms with Crippen LogP contribution in [0.5, 0.6) is 5.75 Å². The van der Waals surface area contributed by atoms with Crippen LogP contribution in [-0.4, -0.2) is 30.4 Å². The van der Waals surface area contributed by atoms with Gasteiger partial charge in [-0.25, -0.2) is 0 Å². The van der Waals surface area contributed by atoms with E-state index in [1.54, 1.807) is 7.11 Å². The molecule has 0 aliphatic rings. The van der Waals surface area contributed by atoms with Crippen LogP contribution in [0.3, 0.4) is 0 Å². The van der Waals surface area contributed by atoms with Gasteiger partial charge in [0.15, 0.2) is 0 Å². The maximum atomic E-state index is 5.69. The van der Waals surface area contributed by atoms with E-state index in [9.17, 15) is 0 Å². The van der Waals surface area contributed by atoms with E-state index in [1.165, 1.54) is 0 Å². The average molecular weight is 354 g/mol. The first-order valence-electron chi connectivity index (χ1n) is 7.11. The highest BCUT2D eigenvalue weighted by Crippen LogP contribution is 2.29. The number of aryl methyl sites for hydroxylation is 1. The topological polar surface area (TPSA) is 60.2 Å². The summed E-state index contributed by atoms with van der Waals surface area (Å²) in [6.07, 6.45) is 2.94. The highest BCUT2D eigenvalue weighted by molar-refractivity contribution is 9.10. The van der Waals surface area contributed by atoms with Gasteiger partial charge < -0.3 is 14.5 Å². The molecule has 0 spiro atoms. The summed E-state index contributed by atoms with van der Waals surface area (Å²) in [6, 6.07) is 5.70. The lowest BCUT2D eigenvalue weighted by Gasteiger charge is -2.03. The average Bonchev–Trinajstić information content (AvgIpc) is 2.96. The first kappa shape index (κ1) is 16.0. The molecule has 114 valence electrons. The van der Waals surface area contributed by atoms with Crippen molar-refractivity contribution in [3.63, 3.8) is 0 Å². The Hall–Kier alpha value is -1.40. The van der Waals surface area contributed by atoms with Crippen molar-refractivity contribution >= 4 is 15.9 Å². The lowest BCUT2D eigenvalue weighted by molar-refractivity contribution is 0.412. The molecule has 1 heterocycles. The van der Waals surface area contributed by atoms with Crippen molar-refractivity contribution in [3.05, 3.63) is 28.6 Å². The Morgan fingerprint density at radius 3 is 2.86 bits per heavy atom. The fourth-order valence-corrected chi connectivity index (χ4v) is 2.48. The molecule has 0 atom stereocenters. The third-order valence-electron chi connectivity index (χ3n) is 3.04. The monoisotopic (exact) mass is 353 g/mol. The van der Waals surface area contributed by atoms with Gasteiger partial charge in [0.25, 0.3) is 0 Å². The van der Waals surface area contributed by atoms with Crippen LogP contribution in [-0.2, 0) is 6.42 Å². The third-order valence-corrected chi connectivity index (χ3v) is 3.66. The van der Waals surface area contributed by atoms with E-state index < -0.39 is 0 Å². The van der Waals surface area contributed by atoms with E-state index in [0.717, 1.165) is 48.1 Å². The zero-order valence-electron chi connectivity index (χ0n) is 12.4. The molecule has 5 nitrogen and oxygen atoms in total. The second kappa shape index (κ2) is 8.14. The summed E-state index contributed by atoms with van der Waals surface area (Å²) in [5.41, 5.74) is 0.880. The van der Waals surface area contributed by atoms with E-state index in [2.05, 4.69) is 38.4 Å². The van der Waals surface area contributed by atoms with E-state index in [0.29, 0.717) is 11.8 Å². The van der Waals surface area contributed by atoms with Gasteiger partial charge in [0.05, 0.1) is 11.6 Å². The molecule has 0 aliphatic carbocycles. The SMILES string of the molecule is CCCNCCCc1nnc(-c2ccc(OC)c(Br)c2)o1. The van der Waals surface area contributed by atoms with Crippen LogP contribution < -0.4 is 10.1 Å². The minimum absolute atomic E-state index is 0.537. The predicted molar refractivity (Wildman–Crippen MR) is 85.5 cm³/mol. The lowest BCUT2D eigenvalue weighted by Crippen LogP contribution is -2.16. The van der Waals surface area contributed by atoms with Gasteiger partial charge in [-0.2, -0.15) is 0 Å². The Bertz CT molecular complexity index is 572. The Balaban J connectivity index is 1.94. The van der Waals surface area contributed by atoms with E-state index in [4.69, 9.17) is 9.15 Å². The molecule has 0 amide bonds. The molecule has 1 N–H and O–H groups in total. The number of rotatable bonds is 8. The summed E-state index contributed by atoms with van der Waals surface area (Å²) in [5, 5.41) is 11.5. The minimum Gasteiger partial charge on any atom is -0.496 e. The zero-order chi connectivity index (χ0) is 15.1. The van der Waals surface area contributed by atoms with Crippen LogP contribution in [0.2, 0.25) is 0 Å². The molecule has 0 aliphatic heterocycles. The molecule has 2 rings (SSSR count). The molecule has 0 bridgehead atoms. The molecular formula is C15H20BrN3O2. The minimum atomic E-state index is 0.537. The van der Waals surface area contributed by atoms with Gasteiger partial charge >= 0.3 is 0 Å². The maximum absolute atomic E-state index is 5.69. The van der Waals surface area contributed by atoms with Crippen molar-refractivity contribution in [2.24, 2.45) is 0 Å². The molecule has 0 saturated carbocycles. The highest BCUT2D eigenvalue weighted by Gasteiger charge is 2.10. The first-order valence-corrected chi connectivity index (χ1v) is 7.91. The number of nitrogens with one attached hydrogen (secondary N) is 1. The van der Waals surface area contributed by atoms with Crippen molar-refractivity contribution in [1.29, 1.82) is 0 Å². The van der Waals surface area contributed by atoms with Crippen molar-refractivity contribution in [2.45, 2.75) is 26.2 Å². The van der Waals surface area contributed by atoms with Gasteiger partial charge in [0.2, 0.25) is 11.8 Å². The van der Waals surface area contributed by atoms with Crippen LogP contribution in [0.4, 0.5) is 0 Å². The quantitative estimate of drug-likeness (QED) is 0.736. The molecule has 0 unspecified atom stereocenters. The van der Waals surface area contributed by atoms with E-state index in [1.807, 2.05) is 18.2 Å². The number of halogens is 1. The van der Waals surface area contributed by atoms with Crippen LogP contribution in [0.25, 0.3) is 11.5 Å². The van der Waals surface area contributed by atoms with Gasteiger partial charge in [0, 0.05) is 12.0 Å². The highest BCUT2D eigenvalue weighted by atomic mass is 79.9. The normalized spacial score (nSPS) is 10.8. The number of hydrogen-bond acceptors (Lipinski definition) is 5. The number of benzene rings is 1. The van der Waals surface area contributed by atoms with E-state index >= 15 is 0 Å². The summed E-state index contributed by atoms with van der Waals surface area (Å²) in [6.45, 7) is 4.18. The molecule has 0 fully saturated rings. The first-order chi connectivity index (χ1) is 10.2. The summed E-state index contributed by atoms with van der Waals surface area (Å²) >= 11 is 3.45. The summed E-state index contributed by atoms with van der Waals surface area (Å²) in [5.74, 6) is 1.99. The van der Waals surface area contributed by atoms with Crippen LogP contribution in [0, 0.1) is 0 Å². The predicted octanol–water partition coefficient (Wildman–Crippen LogP) is 3.44. The van der Waals surface area contributed by atoms with Gasteiger partial charge in [-0.15, -0.1) is 10.2 Å².